The molecule has 1 aromatic heterocycles. The van der Waals surface area contributed by atoms with E-state index in [4.69, 9.17) is 21.4 Å². The Hall–Kier alpha value is -1.96. The Kier molecular flexibility index (Phi) is 5.13. The van der Waals surface area contributed by atoms with E-state index in [-0.39, 0.29) is 25.5 Å². The van der Waals surface area contributed by atoms with Crippen molar-refractivity contribution in [2.45, 2.75) is 12.5 Å². The zero-order valence-electron chi connectivity index (χ0n) is 12.6. The minimum Gasteiger partial charge on any atom is -0.479 e. The summed E-state index contributed by atoms with van der Waals surface area (Å²) in [5.41, 5.74) is 1.48. The number of aliphatic carboxylic acids is 1. The summed E-state index contributed by atoms with van der Waals surface area (Å²) in [6.45, 7) is 0.685. The van der Waals surface area contributed by atoms with E-state index in [1.165, 1.54) is 16.2 Å². The molecule has 0 unspecified atom stereocenters. The van der Waals surface area contributed by atoms with E-state index in [0.29, 0.717) is 17.3 Å². The molecule has 1 aliphatic rings. The maximum atomic E-state index is 12.4. The van der Waals surface area contributed by atoms with Gasteiger partial charge in [-0.2, -0.15) is 0 Å². The molecule has 1 atom stereocenters. The van der Waals surface area contributed by atoms with Crippen LogP contribution in [0, 0.1) is 0 Å². The summed E-state index contributed by atoms with van der Waals surface area (Å²) in [5, 5.41) is 12.2. The van der Waals surface area contributed by atoms with Crippen molar-refractivity contribution in [2.75, 3.05) is 19.7 Å². The minimum atomic E-state index is -1.05. The van der Waals surface area contributed by atoms with Crippen LogP contribution in [0.25, 0.3) is 10.6 Å². The average molecular weight is 367 g/mol. The van der Waals surface area contributed by atoms with Gasteiger partial charge in [-0.05, 0) is 6.07 Å². The standard InChI is InChI=1S/C16H15ClN2O4S/c17-12-4-2-1-3-11(12)15-18-10(9-24-15)7-14(20)19-5-6-23-13(8-19)16(21)22/h1-4,9,13H,5-8H2,(H,21,22)/t13-/m1/s1. The van der Waals surface area contributed by atoms with Gasteiger partial charge in [0, 0.05) is 17.5 Å². The van der Waals surface area contributed by atoms with Crippen molar-refractivity contribution in [3.63, 3.8) is 0 Å². The molecule has 6 nitrogen and oxygen atoms in total. The number of halogens is 1. The van der Waals surface area contributed by atoms with Crippen LogP contribution in [-0.2, 0) is 20.7 Å². The molecule has 8 heteroatoms. The number of carboxylic acid groups (broad SMARTS) is 1. The Bertz CT molecular complexity index is 764. The first kappa shape index (κ1) is 16.9. The first-order valence-corrected chi connectivity index (χ1v) is 8.62. The monoisotopic (exact) mass is 366 g/mol. The van der Waals surface area contributed by atoms with E-state index in [1.54, 1.807) is 6.07 Å². The fraction of sp³-hybridized carbons (Fsp3) is 0.312. The van der Waals surface area contributed by atoms with Crippen molar-refractivity contribution >= 4 is 34.8 Å². The lowest BCUT2D eigenvalue weighted by Gasteiger charge is -2.30. The topological polar surface area (TPSA) is 79.7 Å². The van der Waals surface area contributed by atoms with E-state index in [2.05, 4.69) is 4.98 Å². The molecule has 3 rings (SSSR count). The van der Waals surface area contributed by atoms with Gasteiger partial charge in [0.15, 0.2) is 6.10 Å². The van der Waals surface area contributed by atoms with Crippen LogP contribution in [0.15, 0.2) is 29.6 Å². The van der Waals surface area contributed by atoms with Crippen LogP contribution in [0.2, 0.25) is 5.02 Å². The number of amides is 1. The Morgan fingerprint density at radius 2 is 2.21 bits per heavy atom. The van der Waals surface area contributed by atoms with Gasteiger partial charge in [-0.1, -0.05) is 29.8 Å². The molecule has 0 aliphatic carbocycles. The van der Waals surface area contributed by atoms with Crippen molar-refractivity contribution in [1.82, 2.24) is 9.88 Å². The van der Waals surface area contributed by atoms with Crippen molar-refractivity contribution in [3.8, 4) is 10.6 Å². The third-order valence-electron chi connectivity index (χ3n) is 3.68. The van der Waals surface area contributed by atoms with Gasteiger partial charge in [-0.3, -0.25) is 4.79 Å². The molecule has 1 aliphatic heterocycles. The number of morpholine rings is 1. The molecular weight excluding hydrogens is 352 g/mol. The van der Waals surface area contributed by atoms with E-state index < -0.39 is 12.1 Å². The van der Waals surface area contributed by atoms with Gasteiger partial charge < -0.3 is 14.7 Å². The predicted octanol–water partition coefficient (Wildman–Crippen LogP) is 2.32. The third-order valence-corrected chi connectivity index (χ3v) is 4.94. The second-order valence-electron chi connectivity index (χ2n) is 5.34. The molecule has 0 spiro atoms. The molecule has 0 bridgehead atoms. The summed E-state index contributed by atoms with van der Waals surface area (Å²) >= 11 is 7.59. The molecule has 1 amide bonds. The number of carbonyl (C=O) groups is 2. The molecule has 24 heavy (non-hydrogen) atoms. The maximum Gasteiger partial charge on any atom is 0.334 e. The predicted molar refractivity (Wildman–Crippen MR) is 90.2 cm³/mol. The summed E-state index contributed by atoms with van der Waals surface area (Å²) in [7, 11) is 0. The van der Waals surface area contributed by atoms with Crippen LogP contribution < -0.4 is 0 Å². The summed E-state index contributed by atoms with van der Waals surface area (Å²) in [4.78, 5) is 29.3. The third kappa shape index (κ3) is 3.75. The second-order valence-corrected chi connectivity index (χ2v) is 6.60. The largest absolute Gasteiger partial charge is 0.479 e. The van der Waals surface area contributed by atoms with Crippen molar-refractivity contribution < 1.29 is 19.4 Å². The average Bonchev–Trinajstić information content (AvgIpc) is 3.03. The highest BCUT2D eigenvalue weighted by molar-refractivity contribution is 7.13. The number of carbonyl (C=O) groups excluding carboxylic acids is 1. The normalized spacial score (nSPS) is 17.7. The van der Waals surface area contributed by atoms with Crippen LogP contribution in [0.3, 0.4) is 0 Å². The number of nitrogens with zero attached hydrogens (tertiary/aromatic N) is 2. The molecule has 0 saturated carbocycles. The lowest BCUT2D eigenvalue weighted by molar-refractivity contribution is -0.159. The number of hydrogen-bond acceptors (Lipinski definition) is 5. The van der Waals surface area contributed by atoms with Gasteiger partial charge in [0.05, 0.1) is 30.3 Å². The molecule has 1 saturated heterocycles. The van der Waals surface area contributed by atoms with E-state index in [9.17, 15) is 9.59 Å². The Labute approximate surface area is 147 Å². The lowest BCUT2D eigenvalue weighted by Crippen LogP contribution is -2.49. The fourth-order valence-electron chi connectivity index (χ4n) is 2.44. The van der Waals surface area contributed by atoms with Crippen LogP contribution in [0.5, 0.6) is 0 Å². The number of aromatic nitrogens is 1. The summed E-state index contributed by atoms with van der Waals surface area (Å²) in [6, 6.07) is 7.41. The van der Waals surface area contributed by atoms with E-state index in [0.717, 1.165) is 10.6 Å². The molecule has 1 fully saturated rings. The fourth-order valence-corrected chi connectivity index (χ4v) is 3.58. The Morgan fingerprint density at radius 1 is 1.42 bits per heavy atom. The van der Waals surface area contributed by atoms with Crippen LogP contribution in [0.4, 0.5) is 0 Å². The highest BCUT2D eigenvalue weighted by Gasteiger charge is 2.29. The van der Waals surface area contributed by atoms with Gasteiger partial charge in [0.1, 0.15) is 5.01 Å². The molecule has 2 aromatic rings. The van der Waals surface area contributed by atoms with Gasteiger partial charge in [-0.25, -0.2) is 9.78 Å². The quantitative estimate of drug-likeness (QED) is 0.898. The number of ether oxygens (including phenoxy) is 1. The molecule has 1 N–H and O–H groups in total. The van der Waals surface area contributed by atoms with Crippen molar-refractivity contribution in [3.05, 3.63) is 40.4 Å². The lowest BCUT2D eigenvalue weighted by atomic mass is 10.2. The Morgan fingerprint density at radius 3 is 2.96 bits per heavy atom. The van der Waals surface area contributed by atoms with Gasteiger partial charge in [0.25, 0.3) is 0 Å². The minimum absolute atomic E-state index is 0.0652. The number of carboxylic acids is 1. The summed E-state index contributed by atoms with van der Waals surface area (Å²) in [6.07, 6.45) is -0.829. The van der Waals surface area contributed by atoms with Gasteiger partial charge >= 0.3 is 5.97 Å². The van der Waals surface area contributed by atoms with Crippen molar-refractivity contribution in [1.29, 1.82) is 0 Å². The van der Waals surface area contributed by atoms with Crippen LogP contribution in [0.1, 0.15) is 5.69 Å². The molecular formula is C16H15ClN2O4S. The number of rotatable bonds is 4. The summed E-state index contributed by atoms with van der Waals surface area (Å²) < 4.78 is 5.12. The van der Waals surface area contributed by atoms with Crippen LogP contribution in [-0.4, -0.2) is 52.7 Å². The first-order valence-electron chi connectivity index (χ1n) is 7.36. The zero-order valence-corrected chi connectivity index (χ0v) is 14.2. The van der Waals surface area contributed by atoms with Crippen molar-refractivity contribution in [2.24, 2.45) is 0 Å². The Balaban J connectivity index is 1.67. The van der Waals surface area contributed by atoms with Gasteiger partial charge in [0.2, 0.25) is 5.91 Å². The maximum absolute atomic E-state index is 12.4. The first-order chi connectivity index (χ1) is 11.5. The summed E-state index contributed by atoms with van der Waals surface area (Å²) in [5.74, 6) is -1.21. The van der Waals surface area contributed by atoms with E-state index in [1.807, 2.05) is 23.6 Å². The highest BCUT2D eigenvalue weighted by atomic mass is 35.5. The number of hydrogen-bond donors (Lipinski definition) is 1. The van der Waals surface area contributed by atoms with E-state index >= 15 is 0 Å². The molecule has 0 radical (unpaired) electrons. The molecule has 126 valence electrons. The number of thiazole rings is 1. The number of benzene rings is 1. The second kappa shape index (κ2) is 7.29. The zero-order chi connectivity index (χ0) is 17.1. The SMILES string of the molecule is O=C(O)[C@H]1CN(C(=O)Cc2csc(-c3ccccc3Cl)n2)CCO1. The van der Waals surface area contributed by atoms with Crippen LogP contribution >= 0.6 is 22.9 Å². The van der Waals surface area contributed by atoms with Gasteiger partial charge in [-0.15, -0.1) is 11.3 Å². The molecule has 2 heterocycles. The highest BCUT2D eigenvalue weighted by Crippen LogP contribution is 2.30. The smallest absolute Gasteiger partial charge is 0.334 e. The molecule has 1 aromatic carbocycles.